The number of guanidine groups is 1. The van der Waals surface area contributed by atoms with Crippen LogP contribution in [0.3, 0.4) is 0 Å². The van der Waals surface area contributed by atoms with Crippen LogP contribution in [0.15, 0.2) is 59.6 Å². The van der Waals surface area contributed by atoms with Gasteiger partial charge in [0.2, 0.25) is 6.41 Å². The highest BCUT2D eigenvalue weighted by Gasteiger charge is 2.12. The summed E-state index contributed by atoms with van der Waals surface area (Å²) in [5.41, 5.74) is 10.4. The van der Waals surface area contributed by atoms with Crippen molar-refractivity contribution in [3.05, 3.63) is 60.2 Å². The van der Waals surface area contributed by atoms with Gasteiger partial charge in [-0.2, -0.15) is 0 Å². The minimum absolute atomic E-state index is 0.0504. The minimum atomic E-state index is 0.0504. The molecule has 25 heavy (non-hydrogen) atoms. The Morgan fingerprint density at radius 1 is 1.16 bits per heavy atom. The largest absolute Gasteiger partial charge is 0.369 e. The Bertz CT molecular complexity index is 947. The molecule has 5 heteroatoms. The van der Waals surface area contributed by atoms with Crippen LogP contribution >= 0.6 is 0 Å². The van der Waals surface area contributed by atoms with Gasteiger partial charge in [-0.25, -0.2) is 9.98 Å². The van der Waals surface area contributed by atoms with E-state index >= 15 is 0 Å². The number of benzene rings is 2. The number of nitrogens with two attached hydrogens (primary N) is 1. The fraction of sp³-hybridized carbons (Fsp3) is 0.150. The molecule has 0 fully saturated rings. The first-order valence-corrected chi connectivity index (χ1v) is 8.13. The first kappa shape index (κ1) is 16.6. The maximum atomic E-state index is 10.6. The van der Waals surface area contributed by atoms with Gasteiger partial charge >= 0.3 is 0 Å². The number of carbonyl (C=O) groups excluding carboxylic acids is 1. The minimum Gasteiger partial charge on any atom is -0.369 e. The molecular formula is C20H20N4O. The average molecular weight is 332 g/mol. The fourth-order valence-corrected chi connectivity index (χ4v) is 2.84. The number of hydrogen-bond acceptors (Lipinski definition) is 3. The van der Waals surface area contributed by atoms with E-state index in [0.717, 1.165) is 22.2 Å². The lowest BCUT2D eigenvalue weighted by Gasteiger charge is -2.13. The quantitative estimate of drug-likeness (QED) is 0.434. The van der Waals surface area contributed by atoms with E-state index in [2.05, 4.69) is 36.3 Å². The molecule has 0 aliphatic carbocycles. The van der Waals surface area contributed by atoms with Crippen LogP contribution in [-0.4, -0.2) is 17.4 Å². The van der Waals surface area contributed by atoms with Crippen LogP contribution in [0.5, 0.6) is 0 Å². The van der Waals surface area contributed by atoms with Crippen molar-refractivity contribution in [3.8, 4) is 11.3 Å². The summed E-state index contributed by atoms with van der Waals surface area (Å²) in [4.78, 5) is 19.7. The summed E-state index contributed by atoms with van der Waals surface area (Å²) >= 11 is 0. The third kappa shape index (κ3) is 3.50. The Labute approximate surface area is 146 Å². The predicted octanol–water partition coefficient (Wildman–Crippen LogP) is 3.72. The van der Waals surface area contributed by atoms with Crippen LogP contribution < -0.4 is 11.1 Å². The number of aromatic nitrogens is 1. The topological polar surface area (TPSA) is 80.4 Å². The molecule has 0 aliphatic rings. The maximum absolute atomic E-state index is 10.6. The van der Waals surface area contributed by atoms with Crippen molar-refractivity contribution < 1.29 is 4.79 Å². The smallest absolute Gasteiger partial charge is 0.213 e. The summed E-state index contributed by atoms with van der Waals surface area (Å²) in [5.74, 6) is 0.424. The van der Waals surface area contributed by atoms with Crippen molar-refractivity contribution >= 4 is 29.0 Å². The Kier molecular flexibility index (Phi) is 4.75. The summed E-state index contributed by atoms with van der Waals surface area (Å²) in [6.07, 6.45) is 0.511. The first-order chi connectivity index (χ1) is 12.1. The SMILES string of the molecule is CC(C)c1ccccc1-c1cc(N=C(N)NC=O)c2ccccc2n1. The van der Waals surface area contributed by atoms with Crippen molar-refractivity contribution in [2.24, 2.45) is 10.7 Å². The molecule has 0 unspecified atom stereocenters. The number of carbonyl (C=O) groups is 1. The molecule has 0 saturated heterocycles. The molecule has 1 aromatic heterocycles. The molecule has 0 bridgehead atoms. The molecule has 3 aromatic rings. The second kappa shape index (κ2) is 7.13. The summed E-state index contributed by atoms with van der Waals surface area (Å²) in [5, 5.41) is 3.25. The molecule has 2 aromatic carbocycles. The molecular weight excluding hydrogens is 312 g/mol. The molecule has 5 nitrogen and oxygen atoms in total. The first-order valence-electron chi connectivity index (χ1n) is 8.13. The number of nitrogens with zero attached hydrogens (tertiary/aromatic N) is 2. The highest BCUT2D eigenvalue weighted by atomic mass is 16.1. The molecule has 0 aliphatic heterocycles. The summed E-state index contributed by atoms with van der Waals surface area (Å²) in [6.45, 7) is 4.32. The lowest BCUT2D eigenvalue weighted by molar-refractivity contribution is -0.108. The Morgan fingerprint density at radius 3 is 2.64 bits per heavy atom. The number of nitrogens with one attached hydrogen (secondary N) is 1. The van der Waals surface area contributed by atoms with Crippen LogP contribution in [0.2, 0.25) is 0 Å². The van der Waals surface area contributed by atoms with Gasteiger partial charge in [-0.1, -0.05) is 56.3 Å². The molecule has 1 amide bonds. The van der Waals surface area contributed by atoms with Gasteiger partial charge in [-0.05, 0) is 23.6 Å². The number of aliphatic imine (C=N–C) groups is 1. The van der Waals surface area contributed by atoms with E-state index in [9.17, 15) is 4.79 Å². The lowest BCUT2D eigenvalue weighted by Crippen LogP contribution is -2.29. The predicted molar refractivity (Wildman–Crippen MR) is 102 cm³/mol. The van der Waals surface area contributed by atoms with Crippen LogP contribution in [0.1, 0.15) is 25.3 Å². The van der Waals surface area contributed by atoms with Gasteiger partial charge in [0.05, 0.1) is 16.9 Å². The van der Waals surface area contributed by atoms with E-state index in [0.29, 0.717) is 18.0 Å². The van der Waals surface area contributed by atoms with Gasteiger partial charge in [0.1, 0.15) is 0 Å². The van der Waals surface area contributed by atoms with Crippen molar-refractivity contribution in [2.45, 2.75) is 19.8 Å². The second-order valence-electron chi connectivity index (χ2n) is 6.04. The van der Waals surface area contributed by atoms with Crippen LogP contribution in [-0.2, 0) is 4.79 Å². The van der Waals surface area contributed by atoms with E-state index in [1.54, 1.807) is 0 Å². The zero-order valence-electron chi connectivity index (χ0n) is 14.2. The molecule has 0 atom stereocenters. The van der Waals surface area contributed by atoms with Crippen LogP contribution in [0, 0.1) is 0 Å². The summed E-state index contributed by atoms with van der Waals surface area (Å²) in [6, 6.07) is 17.9. The molecule has 0 saturated carbocycles. The summed E-state index contributed by atoms with van der Waals surface area (Å²) < 4.78 is 0. The Balaban J connectivity index is 2.25. The molecule has 0 radical (unpaired) electrons. The molecule has 1 heterocycles. The average Bonchev–Trinajstić information content (AvgIpc) is 2.61. The van der Waals surface area contributed by atoms with Gasteiger partial charge in [-0.3, -0.25) is 10.1 Å². The standard InChI is InChI=1S/C20H20N4O/c1-13(2)14-7-3-4-8-15(14)18-11-19(24-20(21)22-12-25)16-9-5-6-10-17(16)23-18/h3-13H,1-2H3,(H3,21,22,23,24,25). The maximum Gasteiger partial charge on any atom is 0.213 e. The van der Waals surface area contributed by atoms with E-state index in [1.165, 1.54) is 5.56 Å². The third-order valence-electron chi connectivity index (χ3n) is 4.00. The van der Waals surface area contributed by atoms with Crippen molar-refractivity contribution in [1.29, 1.82) is 0 Å². The number of rotatable bonds is 4. The van der Waals surface area contributed by atoms with Crippen LogP contribution in [0.4, 0.5) is 5.69 Å². The zero-order valence-corrected chi connectivity index (χ0v) is 14.2. The van der Waals surface area contributed by atoms with E-state index in [4.69, 9.17) is 10.7 Å². The number of hydrogen-bond donors (Lipinski definition) is 2. The third-order valence-corrected chi connectivity index (χ3v) is 4.00. The monoisotopic (exact) mass is 332 g/mol. The lowest BCUT2D eigenvalue weighted by atomic mass is 9.94. The van der Waals surface area contributed by atoms with Gasteiger partial charge in [0.15, 0.2) is 5.96 Å². The van der Waals surface area contributed by atoms with Crippen LogP contribution in [0.25, 0.3) is 22.2 Å². The molecule has 3 N–H and O–H groups in total. The van der Waals surface area contributed by atoms with Crippen molar-refractivity contribution in [2.75, 3.05) is 0 Å². The zero-order chi connectivity index (χ0) is 17.8. The van der Waals surface area contributed by atoms with E-state index in [1.807, 2.05) is 42.5 Å². The fourth-order valence-electron chi connectivity index (χ4n) is 2.84. The highest BCUT2D eigenvalue weighted by Crippen LogP contribution is 2.33. The van der Waals surface area contributed by atoms with Crippen molar-refractivity contribution in [1.82, 2.24) is 10.3 Å². The Morgan fingerprint density at radius 2 is 1.88 bits per heavy atom. The number of para-hydroxylation sites is 1. The number of fused-ring (bicyclic) bond motifs is 1. The second-order valence-corrected chi connectivity index (χ2v) is 6.04. The van der Waals surface area contributed by atoms with Gasteiger partial charge in [0.25, 0.3) is 0 Å². The Hall–Kier alpha value is -3.21. The van der Waals surface area contributed by atoms with Gasteiger partial charge < -0.3 is 5.73 Å². The van der Waals surface area contributed by atoms with Gasteiger partial charge in [-0.15, -0.1) is 0 Å². The molecule has 0 spiro atoms. The molecule has 126 valence electrons. The summed E-state index contributed by atoms with van der Waals surface area (Å²) in [7, 11) is 0. The number of pyridine rings is 1. The molecule has 3 rings (SSSR count). The van der Waals surface area contributed by atoms with Gasteiger partial charge in [0, 0.05) is 10.9 Å². The van der Waals surface area contributed by atoms with Crippen molar-refractivity contribution in [3.63, 3.8) is 0 Å². The normalized spacial score (nSPS) is 11.7. The van der Waals surface area contributed by atoms with E-state index in [-0.39, 0.29) is 5.96 Å². The van der Waals surface area contributed by atoms with E-state index < -0.39 is 0 Å². The highest BCUT2D eigenvalue weighted by molar-refractivity contribution is 5.97. The number of amides is 1.